The van der Waals surface area contributed by atoms with E-state index >= 15 is 0 Å². The minimum Gasteiger partial charge on any atom is -0.393 e. The lowest BCUT2D eigenvalue weighted by Crippen LogP contribution is -2.51. The number of nitrogens with two attached hydrogens (primary N) is 1. The molecule has 0 aromatic carbocycles. The van der Waals surface area contributed by atoms with Crippen molar-refractivity contribution in [1.29, 1.82) is 0 Å². The van der Waals surface area contributed by atoms with Gasteiger partial charge in [-0.05, 0) is 13.0 Å². The third-order valence-corrected chi connectivity index (χ3v) is 3.47. The molecule has 18 heavy (non-hydrogen) atoms. The fourth-order valence-corrected chi connectivity index (χ4v) is 2.33. The summed E-state index contributed by atoms with van der Waals surface area (Å²) in [5, 5.41) is 0. The molecule has 1 aliphatic rings. The van der Waals surface area contributed by atoms with E-state index in [2.05, 4.69) is 24.0 Å². The van der Waals surface area contributed by atoms with E-state index in [0.717, 1.165) is 26.1 Å². The molecule has 1 aliphatic heterocycles. The van der Waals surface area contributed by atoms with Crippen LogP contribution in [0, 0.1) is 5.92 Å². The number of thiocarbonyl (C=S) groups is 1. The molecule has 1 fully saturated rings. The van der Waals surface area contributed by atoms with Crippen LogP contribution in [-0.4, -0.2) is 60.2 Å². The topological polar surface area (TPSA) is 32.5 Å². The number of alkyl halides is 3. The van der Waals surface area contributed by atoms with E-state index in [-0.39, 0.29) is 6.54 Å². The summed E-state index contributed by atoms with van der Waals surface area (Å²) >= 11 is 4.52. The smallest absolute Gasteiger partial charge is 0.393 e. The summed E-state index contributed by atoms with van der Waals surface area (Å²) in [5.41, 5.74) is 5.19. The van der Waals surface area contributed by atoms with Crippen LogP contribution in [0.5, 0.6) is 0 Å². The Labute approximate surface area is 111 Å². The first-order valence-electron chi connectivity index (χ1n) is 6.15. The molecule has 0 aliphatic carbocycles. The van der Waals surface area contributed by atoms with Crippen LogP contribution in [0.3, 0.4) is 0 Å². The van der Waals surface area contributed by atoms with Crippen LogP contribution < -0.4 is 5.73 Å². The number of rotatable bonds is 5. The van der Waals surface area contributed by atoms with Crippen LogP contribution in [-0.2, 0) is 0 Å². The van der Waals surface area contributed by atoms with Gasteiger partial charge in [0.05, 0.1) is 4.99 Å². The SMILES string of the molecule is CCCN1CCN(CC(C(N)=S)C(F)(F)F)CC1. The zero-order valence-corrected chi connectivity index (χ0v) is 11.4. The first-order valence-corrected chi connectivity index (χ1v) is 6.56. The van der Waals surface area contributed by atoms with Crippen LogP contribution >= 0.6 is 12.2 Å². The maximum absolute atomic E-state index is 12.7. The summed E-state index contributed by atoms with van der Waals surface area (Å²) in [4.78, 5) is 3.60. The highest BCUT2D eigenvalue weighted by atomic mass is 32.1. The van der Waals surface area contributed by atoms with Crippen molar-refractivity contribution in [2.24, 2.45) is 11.7 Å². The van der Waals surface area contributed by atoms with Gasteiger partial charge in [0.2, 0.25) is 0 Å². The normalized spacial score (nSPS) is 20.9. The van der Waals surface area contributed by atoms with E-state index in [4.69, 9.17) is 5.73 Å². The molecule has 1 rings (SSSR count). The van der Waals surface area contributed by atoms with Crippen molar-refractivity contribution in [2.45, 2.75) is 19.5 Å². The zero-order chi connectivity index (χ0) is 13.8. The van der Waals surface area contributed by atoms with Gasteiger partial charge in [-0.2, -0.15) is 13.2 Å². The molecule has 1 heterocycles. The van der Waals surface area contributed by atoms with Crippen molar-refractivity contribution in [2.75, 3.05) is 39.3 Å². The molecule has 106 valence electrons. The first kappa shape index (κ1) is 15.7. The van der Waals surface area contributed by atoms with Crippen LogP contribution in [0.4, 0.5) is 13.2 Å². The minimum atomic E-state index is -4.34. The number of nitrogens with zero attached hydrogens (tertiary/aromatic N) is 2. The van der Waals surface area contributed by atoms with E-state index in [0.29, 0.717) is 13.1 Å². The van der Waals surface area contributed by atoms with Crippen molar-refractivity contribution >= 4 is 17.2 Å². The van der Waals surface area contributed by atoms with E-state index < -0.39 is 17.1 Å². The molecule has 0 amide bonds. The minimum absolute atomic E-state index is 0.112. The fourth-order valence-electron chi connectivity index (χ4n) is 2.12. The van der Waals surface area contributed by atoms with Crippen LogP contribution in [0.2, 0.25) is 0 Å². The van der Waals surface area contributed by atoms with Crippen molar-refractivity contribution in [3.63, 3.8) is 0 Å². The molecule has 1 saturated heterocycles. The second-order valence-corrected chi connectivity index (χ2v) is 5.11. The van der Waals surface area contributed by atoms with E-state index in [1.807, 2.05) is 0 Å². The van der Waals surface area contributed by atoms with Crippen molar-refractivity contribution in [3.8, 4) is 0 Å². The van der Waals surface area contributed by atoms with Crippen LogP contribution in [0.1, 0.15) is 13.3 Å². The van der Waals surface area contributed by atoms with Gasteiger partial charge in [-0.15, -0.1) is 0 Å². The molecule has 0 saturated carbocycles. The highest BCUT2D eigenvalue weighted by Crippen LogP contribution is 2.27. The molecular formula is C11H20F3N3S. The second-order valence-electron chi connectivity index (χ2n) is 4.64. The van der Waals surface area contributed by atoms with Gasteiger partial charge >= 0.3 is 6.18 Å². The number of halogens is 3. The molecule has 2 N–H and O–H groups in total. The summed E-state index contributed by atoms with van der Waals surface area (Å²) in [6.45, 7) is 5.92. The standard InChI is InChI=1S/C11H20F3N3S/c1-2-3-16-4-6-17(7-5-16)8-9(10(15)18)11(12,13)14/h9H,2-8H2,1H3,(H2,15,18). The maximum atomic E-state index is 12.7. The number of hydrogen-bond acceptors (Lipinski definition) is 3. The number of hydrogen-bond donors (Lipinski definition) is 1. The second kappa shape index (κ2) is 6.68. The molecule has 0 radical (unpaired) electrons. The zero-order valence-electron chi connectivity index (χ0n) is 10.5. The van der Waals surface area contributed by atoms with Gasteiger partial charge in [0.1, 0.15) is 5.92 Å². The predicted octanol–water partition coefficient (Wildman–Crippen LogP) is 1.48. The van der Waals surface area contributed by atoms with Gasteiger partial charge in [0.15, 0.2) is 0 Å². The molecular weight excluding hydrogens is 263 g/mol. The highest BCUT2D eigenvalue weighted by molar-refractivity contribution is 7.80. The summed E-state index contributed by atoms with van der Waals surface area (Å²) in [7, 11) is 0. The van der Waals surface area contributed by atoms with Gasteiger partial charge in [0.25, 0.3) is 0 Å². The van der Waals surface area contributed by atoms with Crippen LogP contribution in [0.25, 0.3) is 0 Å². The third kappa shape index (κ3) is 4.70. The molecule has 1 atom stereocenters. The molecule has 0 aromatic heterocycles. The monoisotopic (exact) mass is 283 g/mol. The molecule has 7 heteroatoms. The summed E-state index contributed by atoms with van der Waals surface area (Å²) in [5.74, 6) is -1.69. The van der Waals surface area contributed by atoms with Gasteiger partial charge in [0, 0.05) is 32.7 Å². The lowest BCUT2D eigenvalue weighted by atomic mass is 10.1. The average molecular weight is 283 g/mol. The maximum Gasteiger partial charge on any atom is 0.399 e. The number of piperazine rings is 1. The van der Waals surface area contributed by atoms with E-state index in [1.165, 1.54) is 0 Å². The Morgan fingerprint density at radius 1 is 1.22 bits per heavy atom. The molecule has 0 aromatic rings. The van der Waals surface area contributed by atoms with Gasteiger partial charge in [-0.25, -0.2) is 0 Å². The lowest BCUT2D eigenvalue weighted by Gasteiger charge is -2.36. The van der Waals surface area contributed by atoms with Crippen molar-refractivity contribution in [1.82, 2.24) is 9.80 Å². The summed E-state index contributed by atoms with van der Waals surface area (Å²) in [6, 6.07) is 0. The summed E-state index contributed by atoms with van der Waals surface area (Å²) < 4.78 is 38.2. The average Bonchev–Trinajstić information content (AvgIpc) is 2.26. The highest BCUT2D eigenvalue weighted by Gasteiger charge is 2.42. The molecule has 0 spiro atoms. The molecule has 1 unspecified atom stereocenters. The van der Waals surface area contributed by atoms with E-state index in [1.54, 1.807) is 4.90 Å². The quantitative estimate of drug-likeness (QED) is 0.775. The van der Waals surface area contributed by atoms with E-state index in [9.17, 15) is 13.2 Å². The fraction of sp³-hybridized carbons (Fsp3) is 0.909. The Kier molecular flexibility index (Phi) is 5.81. The van der Waals surface area contributed by atoms with Gasteiger partial charge < -0.3 is 10.6 Å². The Morgan fingerprint density at radius 3 is 2.11 bits per heavy atom. The summed E-state index contributed by atoms with van der Waals surface area (Å²) in [6.07, 6.45) is -3.27. The predicted molar refractivity (Wildman–Crippen MR) is 69.5 cm³/mol. The molecule has 0 bridgehead atoms. The Hall–Kier alpha value is -0.400. The Balaban J connectivity index is 2.46. The Morgan fingerprint density at radius 2 is 1.72 bits per heavy atom. The van der Waals surface area contributed by atoms with Crippen molar-refractivity contribution in [3.05, 3.63) is 0 Å². The van der Waals surface area contributed by atoms with Crippen LogP contribution in [0.15, 0.2) is 0 Å². The van der Waals surface area contributed by atoms with Gasteiger partial charge in [-0.1, -0.05) is 19.1 Å². The van der Waals surface area contributed by atoms with Crippen molar-refractivity contribution < 1.29 is 13.2 Å². The van der Waals surface area contributed by atoms with Gasteiger partial charge in [-0.3, -0.25) is 4.90 Å². The Bertz CT molecular complexity index is 275. The lowest BCUT2D eigenvalue weighted by molar-refractivity contribution is -0.160. The first-order chi connectivity index (χ1) is 8.34. The third-order valence-electron chi connectivity index (χ3n) is 3.18. The molecule has 3 nitrogen and oxygen atoms in total. The largest absolute Gasteiger partial charge is 0.399 e.